The van der Waals surface area contributed by atoms with Crippen molar-refractivity contribution < 1.29 is 4.74 Å². The Bertz CT molecular complexity index is 667. The molecule has 0 saturated carbocycles. The number of aromatic nitrogens is 3. The second-order valence-corrected chi connectivity index (χ2v) is 5.04. The number of hydrogen-bond acceptors (Lipinski definition) is 4. The zero-order chi connectivity index (χ0) is 14.0. The van der Waals surface area contributed by atoms with Gasteiger partial charge in [-0.25, -0.2) is 4.98 Å². The third kappa shape index (κ3) is 3.01. The van der Waals surface area contributed by atoms with Crippen molar-refractivity contribution in [3.63, 3.8) is 0 Å². The minimum atomic E-state index is -0.116. The van der Waals surface area contributed by atoms with E-state index < -0.39 is 0 Å². The molecule has 2 aromatic heterocycles. The van der Waals surface area contributed by atoms with Gasteiger partial charge in [-0.15, -0.1) is 0 Å². The van der Waals surface area contributed by atoms with Crippen LogP contribution in [-0.4, -0.2) is 21.6 Å². The fourth-order valence-electron chi connectivity index (χ4n) is 1.80. The molecule has 0 amide bonds. The topological polar surface area (TPSA) is 57.0 Å². The SMILES string of the molecule is COc1cc(C)nc(Cn2c(C)ncc(Br)c2=O)c1. The van der Waals surface area contributed by atoms with Gasteiger partial charge in [0.05, 0.1) is 19.3 Å². The van der Waals surface area contributed by atoms with Gasteiger partial charge in [0.2, 0.25) is 0 Å². The quantitative estimate of drug-likeness (QED) is 0.867. The highest BCUT2D eigenvalue weighted by Crippen LogP contribution is 2.14. The van der Waals surface area contributed by atoms with Crippen LogP contribution >= 0.6 is 15.9 Å². The standard InChI is InChI=1S/C13H14BrN3O2/c1-8-4-11(19-3)5-10(16-8)7-17-9(2)15-6-12(14)13(17)18/h4-6H,7H2,1-3H3. The first-order chi connectivity index (χ1) is 9.01. The van der Waals surface area contributed by atoms with Crippen LogP contribution < -0.4 is 10.3 Å². The molecule has 2 aromatic rings. The van der Waals surface area contributed by atoms with Crippen molar-refractivity contribution in [3.05, 3.63) is 50.4 Å². The summed E-state index contributed by atoms with van der Waals surface area (Å²) in [7, 11) is 1.61. The Kier molecular flexibility index (Phi) is 3.99. The zero-order valence-corrected chi connectivity index (χ0v) is 12.6. The number of halogens is 1. The molecule has 0 saturated heterocycles. The maximum Gasteiger partial charge on any atom is 0.268 e. The lowest BCUT2D eigenvalue weighted by atomic mass is 10.3. The van der Waals surface area contributed by atoms with E-state index in [9.17, 15) is 4.79 Å². The van der Waals surface area contributed by atoms with Crippen LogP contribution in [0.3, 0.4) is 0 Å². The van der Waals surface area contributed by atoms with Crippen LogP contribution in [0.5, 0.6) is 5.75 Å². The van der Waals surface area contributed by atoms with Gasteiger partial charge in [-0.05, 0) is 29.8 Å². The van der Waals surface area contributed by atoms with Crippen LogP contribution in [0.25, 0.3) is 0 Å². The van der Waals surface area contributed by atoms with Crippen molar-refractivity contribution in [2.24, 2.45) is 0 Å². The predicted octanol–water partition coefficient (Wildman–Crippen LogP) is 2.07. The highest BCUT2D eigenvalue weighted by Gasteiger charge is 2.08. The first-order valence-electron chi connectivity index (χ1n) is 5.74. The Balaban J connectivity index is 2.44. The molecule has 0 aliphatic heterocycles. The number of rotatable bonds is 3. The molecule has 6 heteroatoms. The number of aryl methyl sites for hydroxylation is 2. The monoisotopic (exact) mass is 323 g/mol. The van der Waals surface area contributed by atoms with Crippen molar-refractivity contribution in [1.29, 1.82) is 0 Å². The van der Waals surface area contributed by atoms with Gasteiger partial charge in [0, 0.05) is 24.0 Å². The molecule has 0 unspecified atom stereocenters. The van der Waals surface area contributed by atoms with Crippen molar-refractivity contribution in [2.75, 3.05) is 7.11 Å². The summed E-state index contributed by atoms with van der Waals surface area (Å²) in [5.74, 6) is 1.38. The summed E-state index contributed by atoms with van der Waals surface area (Å²) in [5.41, 5.74) is 1.50. The molecule has 5 nitrogen and oxygen atoms in total. The molecule has 2 rings (SSSR count). The number of ether oxygens (including phenoxy) is 1. The van der Waals surface area contributed by atoms with E-state index in [-0.39, 0.29) is 5.56 Å². The van der Waals surface area contributed by atoms with Gasteiger partial charge in [-0.1, -0.05) is 0 Å². The van der Waals surface area contributed by atoms with Crippen LogP contribution in [0.1, 0.15) is 17.2 Å². The van der Waals surface area contributed by atoms with E-state index in [1.807, 2.05) is 19.1 Å². The third-order valence-electron chi connectivity index (χ3n) is 2.74. The molecule has 0 bridgehead atoms. The Morgan fingerprint density at radius 2 is 2.11 bits per heavy atom. The molecule has 0 fully saturated rings. The van der Waals surface area contributed by atoms with E-state index in [1.165, 1.54) is 6.20 Å². The van der Waals surface area contributed by atoms with E-state index in [0.29, 0.717) is 16.8 Å². The van der Waals surface area contributed by atoms with Crippen molar-refractivity contribution in [3.8, 4) is 5.75 Å². The Labute approximate surface area is 119 Å². The molecule has 19 heavy (non-hydrogen) atoms. The first-order valence-corrected chi connectivity index (χ1v) is 6.54. The Morgan fingerprint density at radius 3 is 2.79 bits per heavy atom. The summed E-state index contributed by atoms with van der Waals surface area (Å²) >= 11 is 3.20. The first kappa shape index (κ1) is 13.7. The third-order valence-corrected chi connectivity index (χ3v) is 3.28. The Morgan fingerprint density at radius 1 is 1.37 bits per heavy atom. The van der Waals surface area contributed by atoms with Crippen molar-refractivity contribution >= 4 is 15.9 Å². The van der Waals surface area contributed by atoms with Gasteiger partial charge < -0.3 is 4.74 Å². The molecule has 0 spiro atoms. The zero-order valence-electron chi connectivity index (χ0n) is 11.0. The maximum atomic E-state index is 12.1. The van der Waals surface area contributed by atoms with Crippen LogP contribution in [0.4, 0.5) is 0 Å². The van der Waals surface area contributed by atoms with Crippen molar-refractivity contribution in [2.45, 2.75) is 20.4 Å². The average molecular weight is 324 g/mol. The maximum absolute atomic E-state index is 12.1. The molecule has 0 aliphatic rings. The fourth-order valence-corrected chi connectivity index (χ4v) is 2.12. The lowest BCUT2D eigenvalue weighted by Crippen LogP contribution is -2.25. The molecular formula is C13H14BrN3O2. The molecule has 0 aliphatic carbocycles. The van der Waals surface area contributed by atoms with E-state index in [1.54, 1.807) is 18.6 Å². The smallest absolute Gasteiger partial charge is 0.268 e. The number of pyridine rings is 1. The molecule has 0 aromatic carbocycles. The summed E-state index contributed by atoms with van der Waals surface area (Å²) in [4.78, 5) is 20.6. The van der Waals surface area contributed by atoms with Gasteiger partial charge >= 0.3 is 0 Å². The molecule has 0 atom stereocenters. The average Bonchev–Trinajstić information content (AvgIpc) is 2.38. The van der Waals surface area contributed by atoms with Gasteiger partial charge in [0.15, 0.2) is 0 Å². The largest absolute Gasteiger partial charge is 0.497 e. The number of nitrogens with zero attached hydrogens (tertiary/aromatic N) is 3. The molecule has 0 radical (unpaired) electrons. The Hall–Kier alpha value is -1.69. The highest BCUT2D eigenvalue weighted by atomic mass is 79.9. The van der Waals surface area contributed by atoms with Crippen LogP contribution in [0.15, 0.2) is 27.6 Å². The van der Waals surface area contributed by atoms with Gasteiger partial charge in [-0.2, -0.15) is 0 Å². The summed E-state index contributed by atoms with van der Waals surface area (Å²) < 4.78 is 7.22. The summed E-state index contributed by atoms with van der Waals surface area (Å²) in [6.07, 6.45) is 1.51. The minimum absolute atomic E-state index is 0.116. The fraction of sp³-hybridized carbons (Fsp3) is 0.308. The van der Waals surface area contributed by atoms with E-state index in [4.69, 9.17) is 4.74 Å². The van der Waals surface area contributed by atoms with E-state index in [2.05, 4.69) is 25.9 Å². The summed E-state index contributed by atoms with van der Waals surface area (Å²) in [5, 5.41) is 0. The molecular weight excluding hydrogens is 310 g/mol. The molecule has 0 N–H and O–H groups in total. The molecule has 100 valence electrons. The second kappa shape index (κ2) is 5.52. The summed E-state index contributed by atoms with van der Waals surface area (Å²) in [6, 6.07) is 3.66. The number of methoxy groups -OCH3 is 1. The lowest BCUT2D eigenvalue weighted by molar-refractivity contribution is 0.412. The van der Waals surface area contributed by atoms with Gasteiger partial charge in [0.1, 0.15) is 16.0 Å². The van der Waals surface area contributed by atoms with E-state index >= 15 is 0 Å². The van der Waals surface area contributed by atoms with Crippen molar-refractivity contribution in [1.82, 2.24) is 14.5 Å². The van der Waals surface area contributed by atoms with Crippen LogP contribution in [-0.2, 0) is 6.54 Å². The predicted molar refractivity (Wildman–Crippen MR) is 75.6 cm³/mol. The second-order valence-electron chi connectivity index (χ2n) is 4.18. The van der Waals surface area contributed by atoms with Crippen LogP contribution in [0, 0.1) is 13.8 Å². The van der Waals surface area contributed by atoms with Gasteiger partial charge in [-0.3, -0.25) is 14.3 Å². The summed E-state index contributed by atoms with van der Waals surface area (Å²) in [6.45, 7) is 4.05. The van der Waals surface area contributed by atoms with Gasteiger partial charge in [0.25, 0.3) is 5.56 Å². The van der Waals surface area contributed by atoms with Crippen LogP contribution in [0.2, 0.25) is 0 Å². The molecule has 2 heterocycles. The minimum Gasteiger partial charge on any atom is -0.497 e. The number of hydrogen-bond donors (Lipinski definition) is 0. The lowest BCUT2D eigenvalue weighted by Gasteiger charge is -2.10. The highest BCUT2D eigenvalue weighted by molar-refractivity contribution is 9.10. The normalized spacial score (nSPS) is 10.5. The van der Waals surface area contributed by atoms with E-state index in [0.717, 1.165) is 17.1 Å².